The molecule has 0 aromatic heterocycles. The number of methoxy groups -OCH3 is 1. The van der Waals surface area contributed by atoms with Gasteiger partial charge in [-0.1, -0.05) is 12.1 Å². The Kier molecular flexibility index (Phi) is 6.01. The minimum Gasteiger partial charge on any atom is -0.469 e. The molecular formula is C18H17F2NO3. The predicted molar refractivity (Wildman–Crippen MR) is 84.2 cm³/mol. The van der Waals surface area contributed by atoms with E-state index in [0.717, 1.165) is 5.56 Å². The second-order valence-corrected chi connectivity index (χ2v) is 5.19. The molecular weight excluding hydrogens is 316 g/mol. The molecule has 0 saturated heterocycles. The van der Waals surface area contributed by atoms with Gasteiger partial charge in [0.1, 0.15) is 11.6 Å². The molecule has 0 radical (unpaired) electrons. The zero-order valence-electron chi connectivity index (χ0n) is 13.2. The summed E-state index contributed by atoms with van der Waals surface area (Å²) in [5.74, 6) is -1.59. The molecule has 0 N–H and O–H groups in total. The molecule has 0 saturated carbocycles. The molecule has 0 fully saturated rings. The second kappa shape index (κ2) is 8.19. The van der Waals surface area contributed by atoms with Crippen molar-refractivity contribution in [3.63, 3.8) is 0 Å². The van der Waals surface area contributed by atoms with E-state index in [2.05, 4.69) is 4.74 Å². The van der Waals surface area contributed by atoms with Gasteiger partial charge in [0.15, 0.2) is 0 Å². The van der Waals surface area contributed by atoms with Gasteiger partial charge in [-0.2, -0.15) is 0 Å². The Bertz CT molecular complexity index is 699. The molecule has 2 aromatic carbocycles. The van der Waals surface area contributed by atoms with Crippen LogP contribution in [0.15, 0.2) is 48.5 Å². The molecule has 2 rings (SSSR count). The first kappa shape index (κ1) is 17.6. The maximum absolute atomic E-state index is 13.0. The lowest BCUT2D eigenvalue weighted by atomic mass is 10.1. The van der Waals surface area contributed by atoms with Gasteiger partial charge in [0.2, 0.25) is 0 Å². The van der Waals surface area contributed by atoms with Crippen LogP contribution in [0.1, 0.15) is 22.3 Å². The number of nitrogens with zero attached hydrogens (tertiary/aromatic N) is 1. The molecule has 0 heterocycles. The fraction of sp³-hybridized carbons (Fsp3) is 0.222. The van der Waals surface area contributed by atoms with Gasteiger partial charge in [-0.25, -0.2) is 8.78 Å². The summed E-state index contributed by atoms with van der Waals surface area (Å²) in [5, 5.41) is 0. The number of carbonyl (C=O) groups excluding carboxylic acids is 2. The van der Waals surface area contributed by atoms with Crippen LogP contribution in [0.2, 0.25) is 0 Å². The van der Waals surface area contributed by atoms with Crippen LogP contribution in [-0.2, 0) is 16.1 Å². The molecule has 6 heteroatoms. The number of halogens is 2. The number of hydrogen-bond acceptors (Lipinski definition) is 3. The summed E-state index contributed by atoms with van der Waals surface area (Å²) in [4.78, 5) is 25.4. The van der Waals surface area contributed by atoms with E-state index in [1.165, 1.54) is 48.4 Å². The van der Waals surface area contributed by atoms with E-state index in [9.17, 15) is 18.4 Å². The molecule has 0 unspecified atom stereocenters. The van der Waals surface area contributed by atoms with E-state index in [-0.39, 0.29) is 31.2 Å². The van der Waals surface area contributed by atoms with Crippen LogP contribution in [0.4, 0.5) is 8.78 Å². The molecule has 24 heavy (non-hydrogen) atoms. The van der Waals surface area contributed by atoms with Crippen LogP contribution in [0.3, 0.4) is 0 Å². The molecule has 0 bridgehead atoms. The van der Waals surface area contributed by atoms with Crippen LogP contribution in [0.25, 0.3) is 0 Å². The highest BCUT2D eigenvalue weighted by Crippen LogP contribution is 2.13. The van der Waals surface area contributed by atoms with E-state index in [4.69, 9.17) is 0 Å². The van der Waals surface area contributed by atoms with Gasteiger partial charge in [0, 0.05) is 18.7 Å². The van der Waals surface area contributed by atoms with Gasteiger partial charge < -0.3 is 9.64 Å². The normalized spacial score (nSPS) is 10.3. The zero-order valence-corrected chi connectivity index (χ0v) is 13.2. The lowest BCUT2D eigenvalue weighted by molar-refractivity contribution is -0.140. The molecule has 4 nitrogen and oxygen atoms in total. The van der Waals surface area contributed by atoms with Crippen molar-refractivity contribution in [2.45, 2.75) is 13.0 Å². The van der Waals surface area contributed by atoms with Crippen LogP contribution >= 0.6 is 0 Å². The summed E-state index contributed by atoms with van der Waals surface area (Å²) in [6, 6.07) is 10.9. The summed E-state index contributed by atoms with van der Waals surface area (Å²) in [6.45, 7) is 0.341. The van der Waals surface area contributed by atoms with Crippen molar-refractivity contribution < 1.29 is 23.1 Å². The first-order chi connectivity index (χ1) is 11.5. The highest BCUT2D eigenvalue weighted by atomic mass is 19.1. The van der Waals surface area contributed by atoms with Crippen LogP contribution in [-0.4, -0.2) is 30.4 Å². The summed E-state index contributed by atoms with van der Waals surface area (Å²) >= 11 is 0. The van der Waals surface area contributed by atoms with Crippen molar-refractivity contribution in [1.82, 2.24) is 4.90 Å². The van der Waals surface area contributed by atoms with E-state index < -0.39 is 11.8 Å². The number of benzene rings is 2. The largest absolute Gasteiger partial charge is 0.469 e. The summed E-state index contributed by atoms with van der Waals surface area (Å²) < 4.78 is 30.6. The minimum atomic E-state index is -0.439. The van der Waals surface area contributed by atoms with Crippen LogP contribution < -0.4 is 0 Å². The number of amides is 1. The van der Waals surface area contributed by atoms with Gasteiger partial charge in [0.05, 0.1) is 13.5 Å². The number of esters is 1. The van der Waals surface area contributed by atoms with Gasteiger partial charge >= 0.3 is 5.97 Å². The first-order valence-electron chi connectivity index (χ1n) is 7.35. The van der Waals surface area contributed by atoms with E-state index in [1.54, 1.807) is 12.1 Å². The summed E-state index contributed by atoms with van der Waals surface area (Å²) in [6.07, 6.45) is 0.0324. The smallest absolute Gasteiger partial charge is 0.307 e. The Morgan fingerprint density at radius 3 is 2.04 bits per heavy atom. The molecule has 0 atom stereocenters. The maximum atomic E-state index is 13.0. The third-order valence-corrected chi connectivity index (χ3v) is 3.48. The molecule has 0 aliphatic heterocycles. The standard InChI is InChI=1S/C18H17F2NO3/c1-24-17(22)10-11-21(12-13-2-6-15(19)7-3-13)18(23)14-4-8-16(20)9-5-14/h2-9H,10-12H2,1H3. The van der Waals surface area contributed by atoms with Gasteiger partial charge in [-0.05, 0) is 42.0 Å². The SMILES string of the molecule is COC(=O)CCN(Cc1ccc(F)cc1)C(=O)c1ccc(F)cc1. The highest BCUT2D eigenvalue weighted by molar-refractivity contribution is 5.94. The van der Waals surface area contributed by atoms with Crippen molar-refractivity contribution >= 4 is 11.9 Å². The quantitative estimate of drug-likeness (QED) is 0.763. The second-order valence-electron chi connectivity index (χ2n) is 5.19. The van der Waals surface area contributed by atoms with Crippen LogP contribution in [0, 0.1) is 11.6 Å². The third kappa shape index (κ3) is 4.87. The summed E-state index contributed by atoms with van der Waals surface area (Å²) in [5.41, 5.74) is 1.03. The molecule has 1 amide bonds. The van der Waals surface area contributed by atoms with Gasteiger partial charge in [-0.15, -0.1) is 0 Å². The molecule has 0 aliphatic carbocycles. The number of hydrogen-bond donors (Lipinski definition) is 0. The molecule has 0 aliphatic rings. The average Bonchev–Trinajstić information content (AvgIpc) is 2.60. The topological polar surface area (TPSA) is 46.6 Å². The fourth-order valence-corrected chi connectivity index (χ4v) is 2.17. The van der Waals surface area contributed by atoms with Crippen LogP contribution in [0.5, 0.6) is 0 Å². The van der Waals surface area contributed by atoms with E-state index >= 15 is 0 Å². The van der Waals surface area contributed by atoms with Gasteiger partial charge in [-0.3, -0.25) is 9.59 Å². The number of rotatable bonds is 6. The van der Waals surface area contributed by atoms with Crippen molar-refractivity contribution in [1.29, 1.82) is 0 Å². The van der Waals surface area contributed by atoms with Crippen molar-refractivity contribution in [2.75, 3.05) is 13.7 Å². The monoisotopic (exact) mass is 333 g/mol. The summed E-state index contributed by atoms with van der Waals surface area (Å²) in [7, 11) is 1.27. The minimum absolute atomic E-state index is 0.0324. The predicted octanol–water partition coefficient (Wildman–Crippen LogP) is 3.17. The molecule has 0 spiro atoms. The highest BCUT2D eigenvalue weighted by Gasteiger charge is 2.18. The number of carbonyl (C=O) groups is 2. The van der Waals surface area contributed by atoms with Crippen molar-refractivity contribution in [3.8, 4) is 0 Å². The fourth-order valence-electron chi connectivity index (χ4n) is 2.17. The average molecular weight is 333 g/mol. The lowest BCUT2D eigenvalue weighted by Gasteiger charge is -2.22. The maximum Gasteiger partial charge on any atom is 0.307 e. The Labute approximate surface area is 138 Å². The Morgan fingerprint density at radius 2 is 1.50 bits per heavy atom. The van der Waals surface area contributed by atoms with Crippen molar-refractivity contribution in [3.05, 3.63) is 71.3 Å². The Morgan fingerprint density at radius 1 is 0.958 bits per heavy atom. The molecule has 126 valence electrons. The van der Waals surface area contributed by atoms with E-state index in [1.807, 2.05) is 0 Å². The van der Waals surface area contributed by atoms with Gasteiger partial charge in [0.25, 0.3) is 5.91 Å². The molecule has 2 aromatic rings. The number of ether oxygens (including phenoxy) is 1. The lowest BCUT2D eigenvalue weighted by Crippen LogP contribution is -2.32. The van der Waals surface area contributed by atoms with E-state index in [0.29, 0.717) is 5.56 Å². The Balaban J connectivity index is 2.17. The first-order valence-corrected chi connectivity index (χ1v) is 7.35. The van der Waals surface area contributed by atoms with Crippen molar-refractivity contribution in [2.24, 2.45) is 0 Å². The Hall–Kier alpha value is -2.76. The zero-order chi connectivity index (χ0) is 17.5. The third-order valence-electron chi connectivity index (χ3n) is 3.48.